The summed E-state index contributed by atoms with van der Waals surface area (Å²) in [5, 5.41) is 17.0. The molecule has 14 heavy (non-hydrogen) atoms. The Kier molecular flexibility index (Phi) is 2.77. The maximum Gasteiger partial charge on any atom is 0.325 e. The Balaban J connectivity index is 3.19. The van der Waals surface area contributed by atoms with Crippen LogP contribution in [0.1, 0.15) is 11.5 Å². The van der Waals surface area contributed by atoms with E-state index >= 15 is 0 Å². The van der Waals surface area contributed by atoms with Crippen molar-refractivity contribution < 1.29 is 18.7 Å². The number of aliphatic carboxylic acids is 1. The molecular weight excluding hydrogens is 192 g/mol. The van der Waals surface area contributed by atoms with E-state index in [4.69, 9.17) is 10.4 Å². The van der Waals surface area contributed by atoms with Crippen LogP contribution >= 0.6 is 0 Å². The van der Waals surface area contributed by atoms with Crippen molar-refractivity contribution in [3.8, 4) is 6.07 Å². The molecule has 0 saturated carbocycles. The van der Waals surface area contributed by atoms with Gasteiger partial charge in [-0.25, -0.2) is 8.78 Å². The summed E-state index contributed by atoms with van der Waals surface area (Å²) in [7, 11) is 0. The lowest BCUT2D eigenvalue weighted by molar-refractivity contribution is -0.137. The number of carboxylic acid groups (broad SMARTS) is 1. The second kappa shape index (κ2) is 3.83. The first-order valence-corrected chi connectivity index (χ1v) is 3.63. The summed E-state index contributed by atoms with van der Waals surface area (Å²) in [5.74, 6) is -4.90. The van der Waals surface area contributed by atoms with Crippen LogP contribution < -0.4 is 0 Å². The third-order valence-corrected chi connectivity index (χ3v) is 1.65. The first-order valence-electron chi connectivity index (χ1n) is 3.63. The second-order valence-corrected chi connectivity index (χ2v) is 2.57. The number of hydrogen-bond donors (Lipinski definition) is 1. The fourth-order valence-electron chi connectivity index (χ4n) is 0.993. The molecule has 1 atom stereocenters. The lowest BCUT2D eigenvalue weighted by atomic mass is 10.0. The highest BCUT2D eigenvalue weighted by Crippen LogP contribution is 2.19. The Hall–Kier alpha value is -1.96. The van der Waals surface area contributed by atoms with Gasteiger partial charge in [0.2, 0.25) is 0 Å². The van der Waals surface area contributed by atoms with Crippen LogP contribution in [-0.4, -0.2) is 11.1 Å². The molecule has 0 aromatic heterocycles. The summed E-state index contributed by atoms with van der Waals surface area (Å²) >= 11 is 0. The van der Waals surface area contributed by atoms with Crippen molar-refractivity contribution in [2.45, 2.75) is 5.92 Å². The maximum atomic E-state index is 13.0. The lowest BCUT2D eigenvalue weighted by Crippen LogP contribution is -2.11. The van der Waals surface area contributed by atoms with Crippen LogP contribution in [0.2, 0.25) is 0 Å². The highest BCUT2D eigenvalue weighted by molar-refractivity contribution is 5.79. The number of rotatable bonds is 2. The van der Waals surface area contributed by atoms with Gasteiger partial charge in [0.1, 0.15) is 11.6 Å². The molecule has 0 aliphatic rings. The van der Waals surface area contributed by atoms with E-state index in [0.29, 0.717) is 6.07 Å². The number of nitriles is 1. The minimum absolute atomic E-state index is 0.332. The fraction of sp³-hybridized carbons (Fsp3) is 0.111. The second-order valence-electron chi connectivity index (χ2n) is 2.57. The van der Waals surface area contributed by atoms with Crippen molar-refractivity contribution in [2.75, 3.05) is 0 Å². The maximum absolute atomic E-state index is 13.0. The molecule has 0 aliphatic carbocycles. The van der Waals surface area contributed by atoms with Gasteiger partial charge in [-0.2, -0.15) is 5.26 Å². The molecule has 0 heterocycles. The molecule has 0 saturated heterocycles. The molecule has 0 aliphatic heterocycles. The van der Waals surface area contributed by atoms with E-state index < -0.39 is 23.5 Å². The fourth-order valence-corrected chi connectivity index (χ4v) is 0.993. The molecule has 1 rings (SSSR count). The molecule has 3 nitrogen and oxygen atoms in total. The minimum atomic E-state index is -1.60. The standard InChI is InChI=1S/C9H5F2NO2/c10-5-1-2-6(8(11)3-5)7(4-12)9(13)14/h1-3,7H,(H,13,14). The van der Waals surface area contributed by atoms with Gasteiger partial charge in [0, 0.05) is 11.6 Å². The van der Waals surface area contributed by atoms with E-state index in [9.17, 15) is 13.6 Å². The van der Waals surface area contributed by atoms with Gasteiger partial charge in [0.05, 0.1) is 6.07 Å². The van der Waals surface area contributed by atoms with Crippen LogP contribution in [0.3, 0.4) is 0 Å². The molecule has 72 valence electrons. The Morgan fingerprint density at radius 2 is 2.14 bits per heavy atom. The smallest absolute Gasteiger partial charge is 0.325 e. The van der Waals surface area contributed by atoms with Gasteiger partial charge >= 0.3 is 5.97 Å². The van der Waals surface area contributed by atoms with Crippen molar-refractivity contribution in [2.24, 2.45) is 0 Å². The molecule has 0 bridgehead atoms. The normalized spacial score (nSPS) is 11.8. The van der Waals surface area contributed by atoms with Gasteiger partial charge in [-0.1, -0.05) is 6.07 Å². The Labute approximate surface area is 78.2 Å². The van der Waals surface area contributed by atoms with Gasteiger partial charge < -0.3 is 5.11 Å². The van der Waals surface area contributed by atoms with Crippen LogP contribution in [-0.2, 0) is 4.79 Å². The van der Waals surface area contributed by atoms with Crippen LogP contribution in [0.4, 0.5) is 8.78 Å². The van der Waals surface area contributed by atoms with Crippen LogP contribution in [0.5, 0.6) is 0 Å². The number of benzene rings is 1. The van der Waals surface area contributed by atoms with Crippen molar-refractivity contribution in [1.82, 2.24) is 0 Å². The predicted octanol–water partition coefficient (Wildman–Crippen LogP) is 1.66. The Morgan fingerprint density at radius 3 is 2.57 bits per heavy atom. The number of nitrogens with zero attached hydrogens (tertiary/aromatic N) is 1. The van der Waals surface area contributed by atoms with Gasteiger partial charge in [0.15, 0.2) is 5.92 Å². The van der Waals surface area contributed by atoms with E-state index in [1.54, 1.807) is 0 Å². The summed E-state index contributed by atoms with van der Waals surface area (Å²) in [6, 6.07) is 3.82. The molecular formula is C9H5F2NO2. The van der Waals surface area contributed by atoms with Crippen LogP contribution in [0.15, 0.2) is 18.2 Å². The quantitative estimate of drug-likeness (QED) is 0.784. The van der Waals surface area contributed by atoms with E-state index in [0.717, 1.165) is 12.1 Å². The SMILES string of the molecule is N#CC(C(=O)O)c1ccc(F)cc1F. The first-order chi connectivity index (χ1) is 6.56. The zero-order valence-electron chi connectivity index (χ0n) is 6.87. The van der Waals surface area contributed by atoms with Crippen LogP contribution in [0, 0.1) is 23.0 Å². The number of halogens is 2. The third kappa shape index (κ3) is 1.85. The van der Waals surface area contributed by atoms with Gasteiger partial charge in [-0.05, 0) is 6.07 Å². The van der Waals surface area contributed by atoms with Crippen molar-refractivity contribution in [1.29, 1.82) is 5.26 Å². The summed E-state index contributed by atoms with van der Waals surface area (Å²) in [4.78, 5) is 10.5. The van der Waals surface area contributed by atoms with E-state index in [1.807, 2.05) is 0 Å². The van der Waals surface area contributed by atoms with Crippen LogP contribution in [0.25, 0.3) is 0 Å². The number of carboxylic acids is 1. The minimum Gasteiger partial charge on any atom is -0.480 e. The van der Waals surface area contributed by atoms with Gasteiger partial charge in [-0.15, -0.1) is 0 Å². The Bertz CT molecular complexity index is 412. The molecule has 1 unspecified atom stereocenters. The topological polar surface area (TPSA) is 61.1 Å². The Morgan fingerprint density at radius 1 is 1.50 bits per heavy atom. The molecule has 1 aromatic rings. The monoisotopic (exact) mass is 197 g/mol. The number of hydrogen-bond acceptors (Lipinski definition) is 2. The van der Waals surface area contributed by atoms with E-state index in [-0.39, 0.29) is 5.56 Å². The molecule has 1 N–H and O–H groups in total. The molecule has 0 amide bonds. The summed E-state index contributed by atoms with van der Waals surface area (Å²) < 4.78 is 25.4. The molecule has 0 fully saturated rings. The van der Waals surface area contributed by atoms with Crippen molar-refractivity contribution >= 4 is 5.97 Å². The molecule has 0 spiro atoms. The first kappa shape index (κ1) is 10.1. The zero-order chi connectivity index (χ0) is 10.7. The number of carbonyl (C=O) groups is 1. The highest BCUT2D eigenvalue weighted by Gasteiger charge is 2.22. The zero-order valence-corrected chi connectivity index (χ0v) is 6.87. The average molecular weight is 197 g/mol. The largest absolute Gasteiger partial charge is 0.480 e. The molecule has 0 radical (unpaired) electrons. The van der Waals surface area contributed by atoms with Gasteiger partial charge in [-0.3, -0.25) is 4.79 Å². The van der Waals surface area contributed by atoms with Gasteiger partial charge in [0.25, 0.3) is 0 Å². The lowest BCUT2D eigenvalue weighted by Gasteiger charge is -2.04. The van der Waals surface area contributed by atoms with E-state index in [1.165, 1.54) is 6.07 Å². The van der Waals surface area contributed by atoms with Crippen molar-refractivity contribution in [3.05, 3.63) is 35.4 Å². The predicted molar refractivity (Wildman–Crippen MR) is 42.3 cm³/mol. The molecule has 1 aromatic carbocycles. The van der Waals surface area contributed by atoms with Crippen molar-refractivity contribution in [3.63, 3.8) is 0 Å². The molecule has 5 heteroatoms. The summed E-state index contributed by atoms with van der Waals surface area (Å²) in [5.41, 5.74) is -0.332. The summed E-state index contributed by atoms with van der Waals surface area (Å²) in [6.07, 6.45) is 0. The third-order valence-electron chi connectivity index (χ3n) is 1.65. The summed E-state index contributed by atoms with van der Waals surface area (Å²) in [6.45, 7) is 0. The average Bonchev–Trinajstić information content (AvgIpc) is 2.09. The van der Waals surface area contributed by atoms with E-state index in [2.05, 4.69) is 0 Å². The highest BCUT2D eigenvalue weighted by atomic mass is 19.1.